The van der Waals surface area contributed by atoms with E-state index in [1.165, 1.54) is 13.5 Å². The highest BCUT2D eigenvalue weighted by molar-refractivity contribution is 7.89. The Morgan fingerprint density at radius 2 is 1.77 bits per heavy atom. The first kappa shape index (κ1) is 17.4. The Kier molecular flexibility index (Phi) is 5.60. The predicted octanol–water partition coefficient (Wildman–Crippen LogP) is 1.94. The van der Waals surface area contributed by atoms with Crippen LogP contribution in [-0.2, 0) is 10.0 Å². The Morgan fingerprint density at radius 3 is 2.32 bits per heavy atom. The van der Waals surface area contributed by atoms with E-state index < -0.39 is 15.6 Å². The summed E-state index contributed by atoms with van der Waals surface area (Å²) < 4.78 is 25.7. The lowest BCUT2D eigenvalue weighted by Gasteiger charge is -2.33. The fourth-order valence-electron chi connectivity index (χ4n) is 2.90. The van der Waals surface area contributed by atoms with E-state index in [-0.39, 0.29) is 10.9 Å². The van der Waals surface area contributed by atoms with Gasteiger partial charge in [-0.25, -0.2) is 13.1 Å². The molecule has 3 N–H and O–H groups in total. The van der Waals surface area contributed by atoms with Gasteiger partial charge in [-0.1, -0.05) is 31.4 Å². The maximum atomic E-state index is 11.7. The summed E-state index contributed by atoms with van der Waals surface area (Å²) in [6.07, 6.45) is 5.09. The molecule has 0 aliphatic heterocycles. The third-order valence-corrected chi connectivity index (χ3v) is 5.91. The van der Waals surface area contributed by atoms with Crippen molar-refractivity contribution in [3.8, 4) is 0 Å². The van der Waals surface area contributed by atoms with Crippen LogP contribution in [0.2, 0.25) is 0 Å². The molecule has 0 saturated heterocycles. The first-order valence-electron chi connectivity index (χ1n) is 7.86. The number of hydrogen-bond acceptors (Lipinski definition) is 4. The molecule has 0 heterocycles. The van der Waals surface area contributed by atoms with Crippen LogP contribution in [-0.4, -0.2) is 32.7 Å². The summed E-state index contributed by atoms with van der Waals surface area (Å²) in [7, 11) is -1.99. The van der Waals surface area contributed by atoms with E-state index in [0.29, 0.717) is 6.54 Å². The van der Waals surface area contributed by atoms with Crippen LogP contribution in [0.5, 0.6) is 0 Å². The van der Waals surface area contributed by atoms with Crippen molar-refractivity contribution in [1.82, 2.24) is 10.0 Å². The molecule has 1 fully saturated rings. The van der Waals surface area contributed by atoms with Gasteiger partial charge in [0.25, 0.3) is 0 Å². The molecule has 124 valence electrons. The van der Waals surface area contributed by atoms with Gasteiger partial charge in [-0.15, -0.1) is 0 Å². The minimum atomic E-state index is -3.39. The van der Waals surface area contributed by atoms with E-state index >= 15 is 0 Å². The number of benzene rings is 1. The largest absolute Gasteiger partial charge is 0.389 e. The molecule has 0 spiro atoms. The quantitative estimate of drug-likeness (QED) is 0.746. The van der Waals surface area contributed by atoms with Gasteiger partial charge in [0.15, 0.2) is 0 Å². The van der Waals surface area contributed by atoms with Gasteiger partial charge in [0.1, 0.15) is 0 Å². The smallest absolute Gasteiger partial charge is 0.240 e. The number of aliphatic hydroxyl groups is 1. The second-order valence-electron chi connectivity index (χ2n) is 6.16. The third-order valence-electron chi connectivity index (χ3n) is 4.48. The standard InChI is InChI=1S/C16H26N2O3S/c1-13(18-12-16(19)10-4-3-5-11-16)14-6-8-15(9-7-14)22(20,21)17-2/h6-9,13,17-19H,3-5,10-12H2,1-2H3. The lowest BCUT2D eigenvalue weighted by molar-refractivity contribution is 0.00300. The monoisotopic (exact) mass is 326 g/mol. The van der Waals surface area contributed by atoms with E-state index in [0.717, 1.165) is 31.2 Å². The van der Waals surface area contributed by atoms with Crippen LogP contribution in [0.15, 0.2) is 29.2 Å². The molecule has 2 rings (SSSR count). The molecular formula is C16H26N2O3S. The summed E-state index contributed by atoms with van der Waals surface area (Å²) in [5.74, 6) is 0. The number of rotatable bonds is 6. The van der Waals surface area contributed by atoms with Gasteiger partial charge in [0, 0.05) is 12.6 Å². The maximum Gasteiger partial charge on any atom is 0.240 e. The van der Waals surface area contributed by atoms with Crippen LogP contribution in [0.1, 0.15) is 50.6 Å². The number of nitrogens with one attached hydrogen (secondary N) is 2. The van der Waals surface area contributed by atoms with Crippen molar-refractivity contribution in [2.75, 3.05) is 13.6 Å². The van der Waals surface area contributed by atoms with Crippen molar-refractivity contribution in [3.05, 3.63) is 29.8 Å². The van der Waals surface area contributed by atoms with Gasteiger partial charge < -0.3 is 10.4 Å². The lowest BCUT2D eigenvalue weighted by Crippen LogP contribution is -2.42. The predicted molar refractivity (Wildman–Crippen MR) is 87.1 cm³/mol. The molecule has 1 aromatic carbocycles. The zero-order valence-electron chi connectivity index (χ0n) is 13.3. The minimum absolute atomic E-state index is 0.0669. The molecule has 5 nitrogen and oxygen atoms in total. The van der Waals surface area contributed by atoms with E-state index in [1.807, 2.05) is 19.1 Å². The third kappa shape index (κ3) is 4.29. The van der Waals surface area contributed by atoms with Crippen molar-refractivity contribution in [2.24, 2.45) is 0 Å². The van der Waals surface area contributed by atoms with Crippen molar-refractivity contribution < 1.29 is 13.5 Å². The Bertz CT molecular complexity index is 578. The molecule has 0 bridgehead atoms. The maximum absolute atomic E-state index is 11.7. The average Bonchev–Trinajstić information content (AvgIpc) is 2.53. The molecule has 0 radical (unpaired) electrons. The zero-order chi connectivity index (χ0) is 16.2. The fourth-order valence-corrected chi connectivity index (χ4v) is 3.63. The van der Waals surface area contributed by atoms with Crippen molar-refractivity contribution in [3.63, 3.8) is 0 Å². The van der Waals surface area contributed by atoms with Crippen LogP contribution >= 0.6 is 0 Å². The molecule has 1 aromatic rings. The van der Waals surface area contributed by atoms with E-state index in [9.17, 15) is 13.5 Å². The second kappa shape index (κ2) is 7.08. The minimum Gasteiger partial charge on any atom is -0.389 e. The van der Waals surface area contributed by atoms with Gasteiger partial charge in [-0.2, -0.15) is 0 Å². The first-order valence-corrected chi connectivity index (χ1v) is 9.34. The summed E-state index contributed by atoms with van der Waals surface area (Å²) in [5.41, 5.74) is 0.413. The molecule has 0 aromatic heterocycles. The fraction of sp³-hybridized carbons (Fsp3) is 0.625. The number of sulfonamides is 1. The molecule has 1 aliphatic carbocycles. The van der Waals surface area contributed by atoms with Gasteiger partial charge >= 0.3 is 0 Å². The Hall–Kier alpha value is -0.950. The molecule has 1 unspecified atom stereocenters. The second-order valence-corrected chi connectivity index (χ2v) is 8.05. The molecule has 22 heavy (non-hydrogen) atoms. The summed E-state index contributed by atoms with van der Waals surface area (Å²) in [6, 6.07) is 6.90. The van der Waals surface area contributed by atoms with E-state index in [1.54, 1.807) is 12.1 Å². The molecule has 1 saturated carbocycles. The van der Waals surface area contributed by atoms with Crippen molar-refractivity contribution >= 4 is 10.0 Å². The molecule has 1 aliphatic rings. The lowest BCUT2D eigenvalue weighted by atomic mass is 9.84. The first-order chi connectivity index (χ1) is 10.4. The van der Waals surface area contributed by atoms with Crippen molar-refractivity contribution in [2.45, 2.75) is 55.6 Å². The highest BCUT2D eigenvalue weighted by Gasteiger charge is 2.29. The Labute approximate surface area is 133 Å². The van der Waals surface area contributed by atoms with Gasteiger partial charge in [0.05, 0.1) is 10.5 Å². The van der Waals surface area contributed by atoms with Crippen molar-refractivity contribution in [1.29, 1.82) is 0 Å². The summed E-state index contributed by atoms with van der Waals surface area (Å²) in [6.45, 7) is 2.60. The number of hydrogen-bond donors (Lipinski definition) is 3. The molecular weight excluding hydrogens is 300 g/mol. The molecule has 0 amide bonds. The van der Waals surface area contributed by atoms with Crippen LogP contribution in [0.3, 0.4) is 0 Å². The SMILES string of the molecule is CNS(=O)(=O)c1ccc(C(C)NCC2(O)CCCCC2)cc1. The van der Waals surface area contributed by atoms with E-state index in [2.05, 4.69) is 10.0 Å². The Balaban J connectivity index is 1.96. The van der Waals surface area contributed by atoms with Gasteiger partial charge in [-0.05, 0) is 44.5 Å². The highest BCUT2D eigenvalue weighted by atomic mass is 32.2. The average molecular weight is 326 g/mol. The summed E-state index contributed by atoms with van der Waals surface area (Å²) in [5, 5.41) is 13.9. The van der Waals surface area contributed by atoms with Gasteiger partial charge in [-0.3, -0.25) is 0 Å². The normalized spacial score (nSPS) is 19.8. The van der Waals surface area contributed by atoms with Crippen LogP contribution in [0, 0.1) is 0 Å². The van der Waals surface area contributed by atoms with Crippen LogP contribution in [0.4, 0.5) is 0 Å². The van der Waals surface area contributed by atoms with Gasteiger partial charge in [0.2, 0.25) is 10.0 Å². The molecule has 6 heteroatoms. The Morgan fingerprint density at radius 1 is 1.18 bits per heavy atom. The zero-order valence-corrected chi connectivity index (χ0v) is 14.1. The summed E-state index contributed by atoms with van der Waals surface area (Å²) >= 11 is 0. The van der Waals surface area contributed by atoms with Crippen LogP contribution in [0.25, 0.3) is 0 Å². The van der Waals surface area contributed by atoms with Crippen LogP contribution < -0.4 is 10.0 Å². The topological polar surface area (TPSA) is 78.4 Å². The molecule has 1 atom stereocenters. The van der Waals surface area contributed by atoms with E-state index in [4.69, 9.17) is 0 Å². The summed E-state index contributed by atoms with van der Waals surface area (Å²) in [4.78, 5) is 0.261. The highest BCUT2D eigenvalue weighted by Crippen LogP contribution is 2.28.